The zero-order chi connectivity index (χ0) is 12.8. The number of hydrogen-bond acceptors (Lipinski definition) is 3. The highest BCUT2D eigenvalue weighted by Crippen LogP contribution is 2.59. The molecule has 3 unspecified atom stereocenters. The van der Waals surface area contributed by atoms with Gasteiger partial charge in [0.1, 0.15) is 0 Å². The number of likely N-dealkylation sites (tertiary alicyclic amines) is 1. The Morgan fingerprint density at radius 2 is 2.11 bits per heavy atom. The smallest absolute Gasteiger partial charge is 0.226 e. The molecule has 4 nitrogen and oxygen atoms in total. The van der Waals surface area contributed by atoms with Crippen LogP contribution in [0.3, 0.4) is 0 Å². The van der Waals surface area contributed by atoms with Gasteiger partial charge in [-0.3, -0.25) is 4.79 Å². The van der Waals surface area contributed by atoms with E-state index in [1.165, 1.54) is 0 Å². The van der Waals surface area contributed by atoms with Crippen LogP contribution in [0.2, 0.25) is 0 Å². The molecule has 0 bridgehead atoms. The zero-order valence-electron chi connectivity index (χ0n) is 11.1. The number of aliphatic hydroxyl groups is 1. The fourth-order valence-electron chi connectivity index (χ4n) is 3.50. The van der Waals surface area contributed by atoms with E-state index in [2.05, 4.69) is 6.92 Å². The van der Waals surface area contributed by atoms with Gasteiger partial charge < -0.3 is 14.7 Å². The standard InChI is InChI=1S/C14H23NO3/c1-10-2-5-15(9-12(10)16)13(17)11-8-14(11)3-6-18-7-4-14/h10-12,16H,2-9H2,1H3. The summed E-state index contributed by atoms with van der Waals surface area (Å²) in [4.78, 5) is 14.3. The van der Waals surface area contributed by atoms with E-state index in [9.17, 15) is 9.90 Å². The summed E-state index contributed by atoms with van der Waals surface area (Å²) in [6.45, 7) is 5.03. The Bertz CT molecular complexity index is 332. The Morgan fingerprint density at radius 3 is 2.78 bits per heavy atom. The predicted molar refractivity (Wildman–Crippen MR) is 67.0 cm³/mol. The quantitative estimate of drug-likeness (QED) is 0.759. The second-order valence-corrected chi connectivity index (χ2v) is 6.35. The van der Waals surface area contributed by atoms with Crippen LogP contribution in [0.15, 0.2) is 0 Å². The second-order valence-electron chi connectivity index (χ2n) is 6.35. The van der Waals surface area contributed by atoms with E-state index in [4.69, 9.17) is 4.74 Å². The average Bonchev–Trinajstić information content (AvgIpc) is 3.06. The number of hydrogen-bond donors (Lipinski definition) is 1. The Kier molecular flexibility index (Phi) is 3.10. The molecule has 1 amide bonds. The van der Waals surface area contributed by atoms with E-state index < -0.39 is 0 Å². The van der Waals surface area contributed by atoms with Crippen LogP contribution in [-0.2, 0) is 9.53 Å². The van der Waals surface area contributed by atoms with Crippen LogP contribution in [0.5, 0.6) is 0 Å². The summed E-state index contributed by atoms with van der Waals surface area (Å²) in [5.74, 6) is 0.815. The Morgan fingerprint density at radius 1 is 1.39 bits per heavy atom. The minimum Gasteiger partial charge on any atom is -0.391 e. The van der Waals surface area contributed by atoms with Gasteiger partial charge in [0.05, 0.1) is 6.10 Å². The molecule has 3 fully saturated rings. The SMILES string of the molecule is CC1CCN(C(=O)C2CC23CCOCC3)CC1O. The summed E-state index contributed by atoms with van der Waals surface area (Å²) in [7, 11) is 0. The van der Waals surface area contributed by atoms with Gasteiger partial charge in [0.15, 0.2) is 0 Å². The summed E-state index contributed by atoms with van der Waals surface area (Å²) in [6.07, 6.45) is 3.70. The number of ether oxygens (including phenoxy) is 1. The molecule has 3 atom stereocenters. The molecular weight excluding hydrogens is 230 g/mol. The molecule has 1 aliphatic carbocycles. The summed E-state index contributed by atoms with van der Waals surface area (Å²) in [5.41, 5.74) is 0.253. The van der Waals surface area contributed by atoms with Crippen LogP contribution in [0, 0.1) is 17.3 Å². The number of piperidine rings is 1. The zero-order valence-corrected chi connectivity index (χ0v) is 11.1. The molecule has 1 N–H and O–H groups in total. The van der Waals surface area contributed by atoms with Crippen molar-refractivity contribution in [3.05, 3.63) is 0 Å². The minimum absolute atomic E-state index is 0.210. The van der Waals surface area contributed by atoms with E-state index in [0.29, 0.717) is 12.5 Å². The molecule has 1 spiro atoms. The lowest BCUT2D eigenvalue weighted by molar-refractivity contribution is -0.138. The molecule has 0 aromatic heterocycles. The van der Waals surface area contributed by atoms with Crippen LogP contribution >= 0.6 is 0 Å². The van der Waals surface area contributed by atoms with Crippen molar-refractivity contribution in [2.24, 2.45) is 17.3 Å². The number of amides is 1. The Balaban J connectivity index is 1.59. The van der Waals surface area contributed by atoms with Crippen molar-refractivity contribution in [2.75, 3.05) is 26.3 Å². The van der Waals surface area contributed by atoms with Crippen molar-refractivity contribution in [2.45, 2.75) is 38.7 Å². The predicted octanol–water partition coefficient (Wildman–Crippen LogP) is 1.03. The first kappa shape index (κ1) is 12.4. The Hall–Kier alpha value is -0.610. The summed E-state index contributed by atoms with van der Waals surface area (Å²) >= 11 is 0. The highest BCUT2D eigenvalue weighted by atomic mass is 16.5. The lowest BCUT2D eigenvalue weighted by Crippen LogP contribution is -2.47. The minimum atomic E-state index is -0.341. The van der Waals surface area contributed by atoms with E-state index in [1.807, 2.05) is 4.90 Å². The van der Waals surface area contributed by atoms with Crippen LogP contribution in [-0.4, -0.2) is 48.3 Å². The van der Waals surface area contributed by atoms with Gasteiger partial charge in [0.25, 0.3) is 0 Å². The number of carbonyl (C=O) groups excluding carboxylic acids is 1. The molecule has 3 rings (SSSR count). The van der Waals surface area contributed by atoms with Crippen molar-refractivity contribution in [3.63, 3.8) is 0 Å². The number of carbonyl (C=O) groups is 1. The molecule has 102 valence electrons. The van der Waals surface area contributed by atoms with Crippen molar-refractivity contribution in [1.29, 1.82) is 0 Å². The summed E-state index contributed by atoms with van der Waals surface area (Å²) in [6, 6.07) is 0. The first-order chi connectivity index (χ1) is 8.62. The van der Waals surface area contributed by atoms with E-state index in [1.54, 1.807) is 0 Å². The molecule has 3 aliphatic rings. The highest BCUT2D eigenvalue weighted by Gasteiger charge is 2.59. The third-order valence-corrected chi connectivity index (χ3v) is 5.21. The number of β-amino-alcohol motifs (C(OH)–C–C–N with tert-alkyl or cyclic N) is 1. The molecule has 18 heavy (non-hydrogen) atoms. The molecule has 2 heterocycles. The lowest BCUT2D eigenvalue weighted by Gasteiger charge is -2.35. The third kappa shape index (κ3) is 2.05. The number of rotatable bonds is 1. The van der Waals surface area contributed by atoms with Crippen molar-refractivity contribution < 1.29 is 14.6 Å². The van der Waals surface area contributed by atoms with E-state index in [0.717, 1.165) is 45.4 Å². The molecule has 0 aromatic rings. The maximum atomic E-state index is 12.5. The maximum absolute atomic E-state index is 12.5. The molecule has 0 aromatic carbocycles. The van der Waals surface area contributed by atoms with Gasteiger partial charge in [-0.2, -0.15) is 0 Å². The summed E-state index contributed by atoms with van der Waals surface area (Å²) < 4.78 is 5.38. The lowest BCUT2D eigenvalue weighted by atomic mass is 9.92. The van der Waals surface area contributed by atoms with Gasteiger partial charge >= 0.3 is 0 Å². The van der Waals surface area contributed by atoms with E-state index in [-0.39, 0.29) is 23.3 Å². The molecule has 1 saturated carbocycles. The van der Waals surface area contributed by atoms with E-state index >= 15 is 0 Å². The van der Waals surface area contributed by atoms with Crippen molar-refractivity contribution >= 4 is 5.91 Å². The summed E-state index contributed by atoms with van der Waals surface area (Å²) in [5, 5.41) is 9.89. The molecule has 4 heteroatoms. The van der Waals surface area contributed by atoms with Crippen LogP contribution in [0.1, 0.15) is 32.6 Å². The first-order valence-corrected chi connectivity index (χ1v) is 7.17. The molecule has 0 radical (unpaired) electrons. The van der Waals surface area contributed by atoms with Crippen LogP contribution in [0.25, 0.3) is 0 Å². The largest absolute Gasteiger partial charge is 0.391 e. The van der Waals surface area contributed by atoms with Crippen molar-refractivity contribution in [1.82, 2.24) is 4.90 Å². The van der Waals surface area contributed by atoms with Gasteiger partial charge in [-0.25, -0.2) is 0 Å². The molecular formula is C14H23NO3. The third-order valence-electron chi connectivity index (χ3n) is 5.21. The van der Waals surface area contributed by atoms with Crippen molar-refractivity contribution in [3.8, 4) is 0 Å². The van der Waals surface area contributed by atoms with Gasteiger partial charge in [0, 0.05) is 32.2 Å². The highest BCUT2D eigenvalue weighted by molar-refractivity contribution is 5.83. The van der Waals surface area contributed by atoms with Gasteiger partial charge in [0.2, 0.25) is 5.91 Å². The first-order valence-electron chi connectivity index (χ1n) is 7.17. The maximum Gasteiger partial charge on any atom is 0.226 e. The van der Waals surface area contributed by atoms with Gasteiger partial charge in [-0.1, -0.05) is 6.92 Å². The van der Waals surface area contributed by atoms with Gasteiger partial charge in [-0.05, 0) is 37.0 Å². The fourth-order valence-corrected chi connectivity index (χ4v) is 3.50. The topological polar surface area (TPSA) is 49.8 Å². The van der Waals surface area contributed by atoms with Crippen LogP contribution in [0.4, 0.5) is 0 Å². The average molecular weight is 253 g/mol. The van der Waals surface area contributed by atoms with Gasteiger partial charge in [-0.15, -0.1) is 0 Å². The monoisotopic (exact) mass is 253 g/mol. The molecule has 2 aliphatic heterocycles. The second kappa shape index (κ2) is 4.49. The number of nitrogens with zero attached hydrogens (tertiary/aromatic N) is 1. The molecule has 2 saturated heterocycles. The number of aliphatic hydroxyl groups excluding tert-OH is 1. The fraction of sp³-hybridized carbons (Fsp3) is 0.929. The Labute approximate surface area is 108 Å². The normalized spacial score (nSPS) is 38.8. The van der Waals surface area contributed by atoms with Crippen LogP contribution < -0.4 is 0 Å².